The Labute approximate surface area is 105 Å². The highest BCUT2D eigenvalue weighted by atomic mass is 16.6. The average molecular weight is 243 g/mol. The lowest BCUT2D eigenvalue weighted by molar-refractivity contribution is -0.144. The van der Waals surface area contributed by atoms with Gasteiger partial charge in [-0.2, -0.15) is 0 Å². The molecule has 2 heterocycles. The van der Waals surface area contributed by atoms with Crippen LogP contribution in [0.5, 0.6) is 0 Å². The number of para-hydroxylation sites is 1. The molecule has 2 aromatic rings. The van der Waals surface area contributed by atoms with E-state index in [1.165, 1.54) is 0 Å². The Morgan fingerprint density at radius 2 is 2.17 bits per heavy atom. The Morgan fingerprint density at radius 1 is 1.33 bits per heavy atom. The molecule has 0 bridgehead atoms. The monoisotopic (exact) mass is 243 g/mol. The van der Waals surface area contributed by atoms with Gasteiger partial charge in [0, 0.05) is 5.39 Å². The molecule has 0 aliphatic carbocycles. The van der Waals surface area contributed by atoms with E-state index in [2.05, 4.69) is 4.98 Å². The lowest BCUT2D eigenvalue weighted by Crippen LogP contribution is -2.12. The maximum Gasteiger partial charge on any atom is 0.338 e. The van der Waals surface area contributed by atoms with Gasteiger partial charge in [-0.1, -0.05) is 24.3 Å². The molecule has 18 heavy (non-hydrogen) atoms. The highest BCUT2D eigenvalue weighted by Gasteiger charge is 2.48. The van der Waals surface area contributed by atoms with Gasteiger partial charge in [0.05, 0.1) is 17.8 Å². The minimum Gasteiger partial charge on any atom is -0.464 e. The summed E-state index contributed by atoms with van der Waals surface area (Å²) >= 11 is 0. The van der Waals surface area contributed by atoms with Gasteiger partial charge >= 0.3 is 5.97 Å². The fourth-order valence-corrected chi connectivity index (χ4v) is 1.98. The lowest BCUT2D eigenvalue weighted by Gasteiger charge is -2.00. The molecular formula is C14H13NO3. The summed E-state index contributed by atoms with van der Waals surface area (Å²) < 4.78 is 10.2. The molecule has 1 aromatic carbocycles. The predicted octanol–water partition coefficient (Wildman–Crippen LogP) is 2.24. The van der Waals surface area contributed by atoms with Crippen molar-refractivity contribution in [3.05, 3.63) is 42.1 Å². The Balaban J connectivity index is 1.82. The Hall–Kier alpha value is -1.94. The Bertz CT molecular complexity index is 596. The molecule has 92 valence electrons. The Kier molecular flexibility index (Phi) is 2.72. The van der Waals surface area contributed by atoms with E-state index in [0.717, 1.165) is 16.6 Å². The number of epoxide rings is 1. The molecule has 0 spiro atoms. The summed E-state index contributed by atoms with van der Waals surface area (Å²) in [5.41, 5.74) is 1.69. The predicted molar refractivity (Wildman–Crippen MR) is 66.0 cm³/mol. The molecule has 2 atom stereocenters. The van der Waals surface area contributed by atoms with Gasteiger partial charge in [-0.05, 0) is 19.1 Å². The van der Waals surface area contributed by atoms with Crippen LogP contribution in [0.3, 0.4) is 0 Å². The van der Waals surface area contributed by atoms with E-state index in [0.29, 0.717) is 6.61 Å². The van der Waals surface area contributed by atoms with Crippen LogP contribution in [-0.2, 0) is 14.3 Å². The molecular weight excluding hydrogens is 230 g/mol. The number of fused-ring (bicyclic) bond motifs is 1. The van der Waals surface area contributed by atoms with Crippen molar-refractivity contribution in [3.63, 3.8) is 0 Å². The van der Waals surface area contributed by atoms with E-state index in [-0.39, 0.29) is 12.1 Å². The van der Waals surface area contributed by atoms with Crippen molar-refractivity contribution in [2.45, 2.75) is 19.1 Å². The molecule has 2 unspecified atom stereocenters. The number of carbonyl (C=O) groups excluding carboxylic acids is 1. The quantitative estimate of drug-likeness (QED) is 0.612. The normalized spacial score (nSPS) is 21.8. The highest BCUT2D eigenvalue weighted by Crippen LogP contribution is 2.38. The van der Waals surface area contributed by atoms with Crippen LogP contribution < -0.4 is 0 Å². The minimum absolute atomic E-state index is 0.256. The van der Waals surface area contributed by atoms with Crippen LogP contribution >= 0.6 is 0 Å². The number of pyridine rings is 1. The second-order valence-corrected chi connectivity index (χ2v) is 4.16. The molecule has 1 aliphatic rings. The summed E-state index contributed by atoms with van der Waals surface area (Å²) in [6.45, 7) is 2.15. The summed E-state index contributed by atoms with van der Waals surface area (Å²) in [5.74, 6) is -0.308. The van der Waals surface area contributed by atoms with Crippen molar-refractivity contribution < 1.29 is 14.3 Å². The van der Waals surface area contributed by atoms with Crippen molar-refractivity contribution in [2.75, 3.05) is 6.61 Å². The number of hydrogen-bond acceptors (Lipinski definition) is 4. The first-order valence-electron chi connectivity index (χ1n) is 5.97. The van der Waals surface area contributed by atoms with Crippen LogP contribution in [0.25, 0.3) is 10.9 Å². The topological polar surface area (TPSA) is 51.7 Å². The van der Waals surface area contributed by atoms with Crippen LogP contribution in [0.1, 0.15) is 18.7 Å². The molecule has 3 rings (SSSR count). The smallest absolute Gasteiger partial charge is 0.338 e. The first-order valence-corrected chi connectivity index (χ1v) is 5.97. The number of rotatable bonds is 3. The summed E-state index contributed by atoms with van der Waals surface area (Å²) in [6.07, 6.45) is -0.743. The van der Waals surface area contributed by atoms with Crippen LogP contribution in [0.15, 0.2) is 36.4 Å². The first kappa shape index (κ1) is 11.2. The Morgan fingerprint density at radius 3 is 3.00 bits per heavy atom. The first-order chi connectivity index (χ1) is 8.79. The summed E-state index contributed by atoms with van der Waals surface area (Å²) in [4.78, 5) is 16.0. The zero-order valence-electron chi connectivity index (χ0n) is 10.00. The molecule has 0 saturated carbocycles. The van der Waals surface area contributed by atoms with Gasteiger partial charge in [0.1, 0.15) is 6.10 Å². The number of carbonyl (C=O) groups is 1. The van der Waals surface area contributed by atoms with Crippen molar-refractivity contribution in [1.82, 2.24) is 4.98 Å². The van der Waals surface area contributed by atoms with Crippen molar-refractivity contribution in [3.8, 4) is 0 Å². The third-order valence-corrected chi connectivity index (χ3v) is 2.92. The maximum atomic E-state index is 11.5. The molecule has 1 saturated heterocycles. The molecule has 0 radical (unpaired) electrons. The van der Waals surface area contributed by atoms with Gasteiger partial charge in [0.2, 0.25) is 0 Å². The zero-order chi connectivity index (χ0) is 12.5. The SMILES string of the molecule is CCOC(=O)C1OC1c1ccc2ccccc2n1. The third-order valence-electron chi connectivity index (χ3n) is 2.92. The number of aromatic nitrogens is 1. The number of benzene rings is 1. The van der Waals surface area contributed by atoms with Gasteiger partial charge < -0.3 is 9.47 Å². The van der Waals surface area contributed by atoms with Gasteiger partial charge in [-0.25, -0.2) is 9.78 Å². The van der Waals surface area contributed by atoms with E-state index in [4.69, 9.17) is 9.47 Å². The number of ether oxygens (including phenoxy) is 2. The van der Waals surface area contributed by atoms with E-state index < -0.39 is 6.10 Å². The lowest BCUT2D eigenvalue weighted by atomic mass is 10.1. The second kappa shape index (κ2) is 4.38. The zero-order valence-corrected chi connectivity index (χ0v) is 10.00. The van der Waals surface area contributed by atoms with Crippen LogP contribution in [0, 0.1) is 0 Å². The second-order valence-electron chi connectivity index (χ2n) is 4.16. The minimum atomic E-state index is -0.487. The van der Waals surface area contributed by atoms with Crippen LogP contribution in [0.4, 0.5) is 0 Å². The third kappa shape index (κ3) is 1.95. The molecule has 1 aromatic heterocycles. The van der Waals surface area contributed by atoms with Crippen LogP contribution in [0.2, 0.25) is 0 Å². The standard InChI is InChI=1S/C14H13NO3/c1-2-17-14(16)13-12(18-13)11-8-7-9-5-3-4-6-10(9)15-11/h3-8,12-13H,2H2,1H3. The summed E-state index contributed by atoms with van der Waals surface area (Å²) in [6, 6.07) is 11.7. The van der Waals surface area contributed by atoms with Crippen molar-refractivity contribution in [2.24, 2.45) is 0 Å². The molecule has 4 heteroatoms. The van der Waals surface area contributed by atoms with Gasteiger partial charge in [-0.3, -0.25) is 0 Å². The van der Waals surface area contributed by atoms with Gasteiger partial charge in [-0.15, -0.1) is 0 Å². The number of esters is 1. The molecule has 1 fully saturated rings. The highest BCUT2D eigenvalue weighted by molar-refractivity contribution is 5.80. The number of nitrogens with zero attached hydrogens (tertiary/aromatic N) is 1. The van der Waals surface area contributed by atoms with Crippen molar-refractivity contribution >= 4 is 16.9 Å². The van der Waals surface area contributed by atoms with Gasteiger partial charge in [0.25, 0.3) is 0 Å². The average Bonchev–Trinajstić information content (AvgIpc) is 3.19. The van der Waals surface area contributed by atoms with Crippen molar-refractivity contribution in [1.29, 1.82) is 0 Å². The number of hydrogen-bond donors (Lipinski definition) is 0. The fourth-order valence-electron chi connectivity index (χ4n) is 1.98. The fraction of sp³-hybridized carbons (Fsp3) is 0.286. The molecule has 0 N–H and O–H groups in total. The maximum absolute atomic E-state index is 11.5. The summed E-state index contributed by atoms with van der Waals surface area (Å²) in [5, 5.41) is 1.08. The molecule has 4 nitrogen and oxygen atoms in total. The molecule has 0 amide bonds. The van der Waals surface area contributed by atoms with Crippen LogP contribution in [-0.4, -0.2) is 23.7 Å². The van der Waals surface area contributed by atoms with E-state index >= 15 is 0 Å². The largest absolute Gasteiger partial charge is 0.464 e. The summed E-state index contributed by atoms with van der Waals surface area (Å²) in [7, 11) is 0. The molecule has 1 aliphatic heterocycles. The van der Waals surface area contributed by atoms with E-state index in [9.17, 15) is 4.79 Å². The van der Waals surface area contributed by atoms with E-state index in [1.807, 2.05) is 36.4 Å². The van der Waals surface area contributed by atoms with E-state index in [1.54, 1.807) is 6.92 Å². The van der Waals surface area contributed by atoms with Gasteiger partial charge in [0.15, 0.2) is 6.10 Å².